The molecule has 33 heavy (non-hydrogen) atoms. The van der Waals surface area contributed by atoms with E-state index >= 15 is 0 Å². The normalized spacial score (nSPS) is 18.3. The molecule has 0 aliphatic carbocycles. The first-order chi connectivity index (χ1) is 15.9. The van der Waals surface area contributed by atoms with E-state index in [1.807, 2.05) is 18.2 Å². The molecule has 0 aromatic heterocycles. The lowest BCUT2D eigenvalue weighted by Crippen LogP contribution is -2.41. The highest BCUT2D eigenvalue weighted by molar-refractivity contribution is 6.68. The van der Waals surface area contributed by atoms with Gasteiger partial charge in [0.15, 0.2) is 23.0 Å². The molecule has 3 aliphatic heterocycles. The SMILES string of the molecule is CCCCCOc1c(OC)ccc2c1C(C(Cl)(Cl)Cl)N1CCc3cc4c(cc3C1=C2)OCO4. The molecule has 1 atom stereocenters. The Morgan fingerprint density at radius 3 is 2.64 bits per heavy atom. The summed E-state index contributed by atoms with van der Waals surface area (Å²) < 4.78 is 21.5. The smallest absolute Gasteiger partial charge is 0.231 e. The summed E-state index contributed by atoms with van der Waals surface area (Å²) in [6.07, 6.45) is 6.09. The maximum Gasteiger partial charge on any atom is 0.231 e. The molecule has 0 bridgehead atoms. The minimum Gasteiger partial charge on any atom is -0.493 e. The fourth-order valence-corrected chi connectivity index (χ4v) is 5.54. The fourth-order valence-electron chi connectivity index (χ4n) is 4.86. The second-order valence-corrected chi connectivity index (χ2v) is 10.8. The maximum absolute atomic E-state index is 6.65. The highest BCUT2D eigenvalue weighted by Gasteiger charge is 2.46. The van der Waals surface area contributed by atoms with Gasteiger partial charge in [-0.05, 0) is 48.2 Å². The molecule has 1 unspecified atom stereocenters. The summed E-state index contributed by atoms with van der Waals surface area (Å²) in [6, 6.07) is 7.47. The van der Waals surface area contributed by atoms with Crippen molar-refractivity contribution in [3.05, 3.63) is 46.5 Å². The Hall–Kier alpha value is -1.95. The summed E-state index contributed by atoms with van der Waals surface area (Å²) in [4.78, 5) is 2.16. The van der Waals surface area contributed by atoms with E-state index in [0.717, 1.165) is 59.6 Å². The summed E-state index contributed by atoms with van der Waals surface area (Å²) in [5, 5.41) is 0. The zero-order chi connectivity index (χ0) is 23.2. The number of unbranched alkanes of at least 4 members (excludes halogenated alkanes) is 2. The van der Waals surface area contributed by atoms with Gasteiger partial charge in [0.05, 0.1) is 13.7 Å². The van der Waals surface area contributed by atoms with E-state index in [9.17, 15) is 0 Å². The standard InChI is InChI=1S/C25H26Cl3NO4/c1-3-4-5-10-31-23-19(30-2)7-6-16-11-18-17-13-21-20(32-14-33-21)12-15(17)8-9-29(18)24(22(16)23)25(26,27)28/h6-7,11-13,24H,3-5,8-10,14H2,1-2H3. The van der Waals surface area contributed by atoms with Crippen LogP contribution in [0, 0.1) is 0 Å². The molecule has 0 saturated heterocycles. The van der Waals surface area contributed by atoms with Gasteiger partial charge in [0, 0.05) is 23.4 Å². The molecule has 3 aliphatic rings. The van der Waals surface area contributed by atoms with Gasteiger partial charge in [0.2, 0.25) is 10.6 Å². The number of halogens is 3. The van der Waals surface area contributed by atoms with Crippen molar-refractivity contribution in [1.82, 2.24) is 4.90 Å². The van der Waals surface area contributed by atoms with Crippen LogP contribution in [0.3, 0.4) is 0 Å². The Morgan fingerprint density at radius 2 is 1.91 bits per heavy atom. The number of fused-ring (bicyclic) bond motifs is 5. The molecule has 0 radical (unpaired) electrons. The van der Waals surface area contributed by atoms with E-state index in [1.54, 1.807) is 7.11 Å². The average Bonchev–Trinajstić information content (AvgIpc) is 3.25. The van der Waals surface area contributed by atoms with Crippen LogP contribution in [0.15, 0.2) is 24.3 Å². The van der Waals surface area contributed by atoms with Crippen molar-refractivity contribution in [2.24, 2.45) is 0 Å². The number of hydrogen-bond donors (Lipinski definition) is 0. The molecule has 3 heterocycles. The van der Waals surface area contributed by atoms with Crippen molar-refractivity contribution in [3.63, 3.8) is 0 Å². The molecule has 2 aromatic carbocycles. The van der Waals surface area contributed by atoms with Crippen molar-refractivity contribution in [3.8, 4) is 23.0 Å². The first-order valence-corrected chi connectivity index (χ1v) is 12.4. The Balaban J connectivity index is 1.65. The van der Waals surface area contributed by atoms with E-state index in [4.69, 9.17) is 53.8 Å². The minimum atomic E-state index is -1.59. The zero-order valence-corrected chi connectivity index (χ0v) is 20.9. The van der Waals surface area contributed by atoms with Crippen molar-refractivity contribution in [2.45, 2.75) is 42.4 Å². The van der Waals surface area contributed by atoms with Crippen LogP contribution >= 0.6 is 34.8 Å². The zero-order valence-electron chi connectivity index (χ0n) is 18.6. The van der Waals surface area contributed by atoms with Crippen molar-refractivity contribution >= 4 is 46.6 Å². The first-order valence-electron chi connectivity index (χ1n) is 11.2. The third-order valence-corrected chi connectivity index (χ3v) is 7.02. The summed E-state index contributed by atoms with van der Waals surface area (Å²) in [5.41, 5.74) is 5.06. The summed E-state index contributed by atoms with van der Waals surface area (Å²) in [6.45, 7) is 3.68. The Morgan fingerprint density at radius 1 is 1.12 bits per heavy atom. The van der Waals surface area contributed by atoms with Crippen LogP contribution in [-0.2, 0) is 6.42 Å². The van der Waals surface area contributed by atoms with Crippen LogP contribution < -0.4 is 18.9 Å². The van der Waals surface area contributed by atoms with Gasteiger partial charge in [-0.2, -0.15) is 0 Å². The number of rotatable bonds is 6. The first kappa shape index (κ1) is 22.8. The molecule has 0 saturated carbocycles. The predicted molar refractivity (Wildman–Crippen MR) is 132 cm³/mol. The minimum absolute atomic E-state index is 0.235. The van der Waals surface area contributed by atoms with Gasteiger partial charge < -0.3 is 23.8 Å². The third kappa shape index (κ3) is 4.09. The van der Waals surface area contributed by atoms with Gasteiger partial charge in [-0.25, -0.2) is 0 Å². The van der Waals surface area contributed by atoms with Crippen molar-refractivity contribution in [1.29, 1.82) is 0 Å². The molecule has 5 nitrogen and oxygen atoms in total. The summed E-state index contributed by atoms with van der Waals surface area (Å²) in [5.74, 6) is 2.81. The fraction of sp³-hybridized carbons (Fsp3) is 0.440. The molecule has 0 N–H and O–H groups in total. The lowest BCUT2D eigenvalue weighted by Gasteiger charge is -2.46. The largest absolute Gasteiger partial charge is 0.493 e. The molecule has 0 fully saturated rings. The number of nitrogens with zero attached hydrogens (tertiary/aromatic N) is 1. The maximum atomic E-state index is 6.65. The Labute approximate surface area is 209 Å². The lowest BCUT2D eigenvalue weighted by atomic mass is 9.86. The second kappa shape index (κ2) is 9.01. The average molecular weight is 511 g/mol. The van der Waals surface area contributed by atoms with E-state index in [0.29, 0.717) is 24.7 Å². The van der Waals surface area contributed by atoms with E-state index < -0.39 is 9.83 Å². The number of ether oxygens (including phenoxy) is 4. The summed E-state index contributed by atoms with van der Waals surface area (Å²) >= 11 is 20.0. The van der Waals surface area contributed by atoms with E-state index in [1.165, 1.54) is 5.56 Å². The number of alkyl halides is 3. The van der Waals surface area contributed by atoms with Crippen LogP contribution in [0.25, 0.3) is 11.8 Å². The molecular weight excluding hydrogens is 485 g/mol. The van der Waals surface area contributed by atoms with Crippen LogP contribution in [0.1, 0.15) is 54.5 Å². The Bertz CT molecular complexity index is 1100. The van der Waals surface area contributed by atoms with Crippen LogP contribution in [0.4, 0.5) is 0 Å². The highest BCUT2D eigenvalue weighted by Crippen LogP contribution is 2.56. The van der Waals surface area contributed by atoms with Gasteiger partial charge in [0.25, 0.3) is 0 Å². The number of hydrogen-bond acceptors (Lipinski definition) is 5. The quantitative estimate of drug-likeness (QED) is 0.317. The molecule has 5 rings (SSSR count). The van der Waals surface area contributed by atoms with Gasteiger partial charge in [-0.1, -0.05) is 60.6 Å². The molecular formula is C25H26Cl3NO4. The molecule has 0 spiro atoms. The van der Waals surface area contributed by atoms with E-state index in [2.05, 4.69) is 24.0 Å². The highest BCUT2D eigenvalue weighted by atomic mass is 35.6. The van der Waals surface area contributed by atoms with Crippen LogP contribution in [0.5, 0.6) is 23.0 Å². The van der Waals surface area contributed by atoms with Gasteiger partial charge in [0.1, 0.15) is 6.04 Å². The summed E-state index contributed by atoms with van der Waals surface area (Å²) in [7, 11) is 1.63. The van der Waals surface area contributed by atoms with Gasteiger partial charge in [-0.15, -0.1) is 0 Å². The molecule has 2 aromatic rings. The van der Waals surface area contributed by atoms with E-state index in [-0.39, 0.29) is 6.79 Å². The predicted octanol–water partition coefficient (Wildman–Crippen LogP) is 6.77. The van der Waals surface area contributed by atoms with Crippen molar-refractivity contribution < 1.29 is 18.9 Å². The van der Waals surface area contributed by atoms with Crippen LogP contribution in [0.2, 0.25) is 0 Å². The molecule has 8 heteroatoms. The third-order valence-electron chi connectivity index (χ3n) is 6.40. The number of methoxy groups -OCH3 is 1. The Kier molecular flexibility index (Phi) is 6.23. The lowest BCUT2D eigenvalue weighted by molar-refractivity contribution is 0.174. The topological polar surface area (TPSA) is 40.2 Å². The van der Waals surface area contributed by atoms with Crippen molar-refractivity contribution in [2.75, 3.05) is 27.1 Å². The number of benzene rings is 2. The van der Waals surface area contributed by atoms with Gasteiger partial charge in [-0.3, -0.25) is 0 Å². The molecule has 176 valence electrons. The van der Waals surface area contributed by atoms with Gasteiger partial charge >= 0.3 is 0 Å². The van der Waals surface area contributed by atoms with Crippen LogP contribution in [-0.4, -0.2) is 35.7 Å². The monoisotopic (exact) mass is 509 g/mol. The second-order valence-electron chi connectivity index (χ2n) is 8.44. The molecule has 0 amide bonds.